The summed E-state index contributed by atoms with van der Waals surface area (Å²) < 4.78 is 18.9. The van der Waals surface area contributed by atoms with E-state index in [1.165, 1.54) is 31.4 Å². The van der Waals surface area contributed by atoms with Crippen molar-refractivity contribution < 1.29 is 18.7 Å². The number of rotatable bonds is 7. The van der Waals surface area contributed by atoms with Gasteiger partial charge in [-0.3, -0.25) is 4.79 Å². The molecular formula is C20H21BrFNO3. The maximum atomic E-state index is 13.1. The van der Waals surface area contributed by atoms with E-state index in [1.54, 1.807) is 4.90 Å². The van der Waals surface area contributed by atoms with Crippen molar-refractivity contribution in [2.75, 3.05) is 13.7 Å². The Hall–Kier alpha value is -2.21. The fourth-order valence-electron chi connectivity index (χ4n) is 2.81. The minimum absolute atomic E-state index is 0.130. The number of carbonyl (C=O) groups excluding carboxylic acids is 2. The summed E-state index contributed by atoms with van der Waals surface area (Å²) in [6, 6.07) is 12.8. The maximum Gasteiger partial charge on any atom is 0.409 e. The third kappa shape index (κ3) is 5.39. The van der Waals surface area contributed by atoms with Crippen molar-refractivity contribution in [2.24, 2.45) is 0 Å². The van der Waals surface area contributed by atoms with Crippen LogP contribution in [0.3, 0.4) is 0 Å². The minimum Gasteiger partial charge on any atom is -0.453 e. The van der Waals surface area contributed by atoms with E-state index in [0.717, 1.165) is 10.0 Å². The Morgan fingerprint density at radius 2 is 1.73 bits per heavy atom. The first-order valence-corrected chi connectivity index (χ1v) is 9.11. The van der Waals surface area contributed by atoms with E-state index in [9.17, 15) is 14.0 Å². The van der Waals surface area contributed by atoms with Gasteiger partial charge in [0.1, 0.15) is 5.82 Å². The summed E-state index contributed by atoms with van der Waals surface area (Å²) in [6.07, 6.45) is 0.176. The number of likely N-dealkylation sites (N-methyl/N-ethyl adjacent to an activating group) is 1. The summed E-state index contributed by atoms with van der Waals surface area (Å²) in [7, 11) is 1.32. The van der Waals surface area contributed by atoms with Crippen LogP contribution in [0.4, 0.5) is 9.18 Å². The molecule has 2 aromatic rings. The molecule has 0 radical (unpaired) electrons. The number of ether oxygens (including phenoxy) is 1. The number of benzene rings is 2. The molecule has 0 N–H and O–H groups in total. The van der Waals surface area contributed by atoms with Crippen molar-refractivity contribution in [1.29, 1.82) is 0 Å². The standard InChI is InChI=1S/C20H21BrFNO3/c1-3-23(20(25)26-2)18(12-14-4-8-16(21)9-5-14)13-19(24)15-6-10-17(22)11-7-15/h4-11,18H,3,12-13H2,1-2H3/t18-/m0/s1. The SMILES string of the molecule is CCN(C(=O)OC)[C@H](CC(=O)c1ccc(F)cc1)Cc1ccc(Br)cc1. The van der Waals surface area contributed by atoms with Gasteiger partial charge in [0.2, 0.25) is 0 Å². The second kappa shape index (κ2) is 9.48. The van der Waals surface area contributed by atoms with Gasteiger partial charge in [-0.05, 0) is 55.3 Å². The Morgan fingerprint density at radius 1 is 1.12 bits per heavy atom. The summed E-state index contributed by atoms with van der Waals surface area (Å²) in [5, 5.41) is 0. The highest BCUT2D eigenvalue weighted by atomic mass is 79.9. The number of methoxy groups -OCH3 is 1. The Labute approximate surface area is 161 Å². The molecule has 0 saturated carbocycles. The van der Waals surface area contributed by atoms with Crippen molar-refractivity contribution in [3.05, 3.63) is 69.9 Å². The van der Waals surface area contributed by atoms with Crippen LogP contribution in [0.15, 0.2) is 53.0 Å². The van der Waals surface area contributed by atoms with Crippen LogP contribution in [0.1, 0.15) is 29.3 Å². The molecule has 0 saturated heterocycles. The first-order chi connectivity index (χ1) is 12.4. The lowest BCUT2D eigenvalue weighted by Crippen LogP contribution is -2.42. The first kappa shape index (κ1) is 20.1. The van der Waals surface area contributed by atoms with Gasteiger partial charge in [-0.25, -0.2) is 9.18 Å². The summed E-state index contributed by atoms with van der Waals surface area (Å²) in [5.74, 6) is -0.535. The van der Waals surface area contributed by atoms with Crippen LogP contribution < -0.4 is 0 Å². The summed E-state index contributed by atoms with van der Waals surface area (Å²) in [5.41, 5.74) is 1.43. The number of hydrogen-bond donors (Lipinski definition) is 0. The second-order valence-electron chi connectivity index (χ2n) is 5.87. The first-order valence-electron chi connectivity index (χ1n) is 8.32. The number of hydrogen-bond acceptors (Lipinski definition) is 3. The lowest BCUT2D eigenvalue weighted by Gasteiger charge is -2.29. The van der Waals surface area contributed by atoms with Crippen molar-refractivity contribution >= 4 is 27.8 Å². The average Bonchev–Trinajstić information content (AvgIpc) is 2.64. The number of halogens is 2. The van der Waals surface area contributed by atoms with Gasteiger partial charge in [0.05, 0.1) is 7.11 Å². The lowest BCUT2D eigenvalue weighted by molar-refractivity contribution is 0.0868. The normalized spacial score (nSPS) is 11.7. The third-order valence-electron chi connectivity index (χ3n) is 4.16. The van der Waals surface area contributed by atoms with Crippen LogP contribution in [0.5, 0.6) is 0 Å². The van der Waals surface area contributed by atoms with Crippen molar-refractivity contribution in [2.45, 2.75) is 25.8 Å². The molecule has 0 spiro atoms. The van der Waals surface area contributed by atoms with Crippen LogP contribution in [0, 0.1) is 5.82 Å². The minimum atomic E-state index is -0.471. The highest BCUT2D eigenvalue weighted by molar-refractivity contribution is 9.10. The van der Waals surface area contributed by atoms with Gasteiger partial charge in [0.25, 0.3) is 0 Å². The van der Waals surface area contributed by atoms with Gasteiger partial charge >= 0.3 is 6.09 Å². The van der Waals surface area contributed by atoms with Crippen LogP contribution in [0.2, 0.25) is 0 Å². The Bertz CT molecular complexity index is 747. The highest BCUT2D eigenvalue weighted by Gasteiger charge is 2.26. The van der Waals surface area contributed by atoms with Crippen molar-refractivity contribution in [1.82, 2.24) is 4.90 Å². The molecule has 0 unspecified atom stereocenters. The zero-order valence-corrected chi connectivity index (χ0v) is 16.3. The molecule has 1 amide bonds. The van der Waals surface area contributed by atoms with E-state index in [0.29, 0.717) is 18.5 Å². The predicted molar refractivity (Wildman–Crippen MR) is 102 cm³/mol. The highest BCUT2D eigenvalue weighted by Crippen LogP contribution is 2.19. The maximum absolute atomic E-state index is 13.1. The fraction of sp³-hybridized carbons (Fsp3) is 0.300. The van der Waals surface area contributed by atoms with E-state index in [2.05, 4.69) is 15.9 Å². The molecule has 4 nitrogen and oxygen atoms in total. The molecule has 1 atom stereocenters. The molecule has 2 rings (SSSR count). The van der Waals surface area contributed by atoms with E-state index in [1.807, 2.05) is 31.2 Å². The molecule has 2 aromatic carbocycles. The average molecular weight is 422 g/mol. The Balaban J connectivity index is 2.23. The van der Waals surface area contributed by atoms with E-state index >= 15 is 0 Å². The second-order valence-corrected chi connectivity index (χ2v) is 6.79. The smallest absolute Gasteiger partial charge is 0.409 e. The van der Waals surface area contributed by atoms with Crippen molar-refractivity contribution in [3.63, 3.8) is 0 Å². The van der Waals surface area contributed by atoms with Crippen LogP contribution in [-0.2, 0) is 11.2 Å². The molecule has 138 valence electrons. The summed E-state index contributed by atoms with van der Waals surface area (Å²) >= 11 is 3.40. The van der Waals surface area contributed by atoms with Crippen LogP contribution in [0.25, 0.3) is 0 Å². The molecular weight excluding hydrogens is 401 g/mol. The summed E-state index contributed by atoms with van der Waals surface area (Å²) in [6.45, 7) is 2.26. The van der Waals surface area contributed by atoms with Crippen LogP contribution >= 0.6 is 15.9 Å². The van der Waals surface area contributed by atoms with Crippen molar-refractivity contribution in [3.8, 4) is 0 Å². The molecule has 0 heterocycles. The zero-order valence-electron chi connectivity index (χ0n) is 14.7. The van der Waals surface area contributed by atoms with Gasteiger partial charge < -0.3 is 9.64 Å². The van der Waals surface area contributed by atoms with E-state index in [-0.39, 0.29) is 18.2 Å². The number of ketones is 1. The third-order valence-corrected chi connectivity index (χ3v) is 4.69. The molecule has 0 fully saturated rings. The Morgan fingerprint density at radius 3 is 2.27 bits per heavy atom. The number of Topliss-reactive ketones (excluding diaryl/α,β-unsaturated/α-hetero) is 1. The number of amides is 1. The molecule has 0 aromatic heterocycles. The fourth-order valence-corrected chi connectivity index (χ4v) is 3.07. The number of nitrogens with zero attached hydrogens (tertiary/aromatic N) is 1. The van der Waals surface area contributed by atoms with Gasteiger partial charge in [-0.1, -0.05) is 28.1 Å². The lowest BCUT2D eigenvalue weighted by atomic mass is 9.97. The van der Waals surface area contributed by atoms with Gasteiger partial charge in [-0.2, -0.15) is 0 Å². The summed E-state index contributed by atoms with van der Waals surface area (Å²) in [4.78, 5) is 26.3. The Kier molecular flexibility index (Phi) is 7.33. The zero-order chi connectivity index (χ0) is 19.1. The molecule has 0 aliphatic carbocycles. The quantitative estimate of drug-likeness (QED) is 0.599. The van der Waals surface area contributed by atoms with Crippen LogP contribution in [-0.4, -0.2) is 36.5 Å². The topological polar surface area (TPSA) is 46.6 Å². The largest absolute Gasteiger partial charge is 0.453 e. The van der Waals surface area contributed by atoms with E-state index < -0.39 is 11.9 Å². The molecule has 26 heavy (non-hydrogen) atoms. The molecule has 0 bridgehead atoms. The monoisotopic (exact) mass is 421 g/mol. The molecule has 0 aliphatic rings. The molecule has 6 heteroatoms. The number of carbonyl (C=O) groups is 2. The van der Waals surface area contributed by atoms with Gasteiger partial charge in [0, 0.05) is 29.0 Å². The predicted octanol–water partition coefficient (Wildman–Crippen LogP) is 4.86. The van der Waals surface area contributed by atoms with Gasteiger partial charge in [-0.15, -0.1) is 0 Å². The van der Waals surface area contributed by atoms with E-state index in [4.69, 9.17) is 4.74 Å². The molecule has 0 aliphatic heterocycles. The van der Waals surface area contributed by atoms with Gasteiger partial charge in [0.15, 0.2) is 5.78 Å².